The van der Waals surface area contributed by atoms with Crippen LogP contribution >= 0.6 is 0 Å². The predicted molar refractivity (Wildman–Crippen MR) is 127 cm³/mol. The SMILES string of the molecule is Cc1cccnc1Nc1cncc(C2CCN(C(=O)CCN(C)c3ccccc3F)CC2)n1. The van der Waals surface area contributed by atoms with Crippen molar-refractivity contribution in [1.82, 2.24) is 19.9 Å². The number of benzene rings is 1. The van der Waals surface area contributed by atoms with Gasteiger partial charge in [-0.15, -0.1) is 0 Å². The fraction of sp³-hybridized carbons (Fsp3) is 0.360. The number of carbonyl (C=O) groups is 1. The largest absolute Gasteiger partial charge is 0.372 e. The van der Waals surface area contributed by atoms with Gasteiger partial charge in [-0.05, 0) is 43.5 Å². The van der Waals surface area contributed by atoms with Crippen LogP contribution in [0.1, 0.15) is 36.4 Å². The molecule has 1 aliphatic rings. The molecule has 0 bridgehead atoms. The van der Waals surface area contributed by atoms with Gasteiger partial charge in [0.15, 0.2) is 0 Å². The van der Waals surface area contributed by atoms with E-state index < -0.39 is 0 Å². The lowest BCUT2D eigenvalue weighted by Crippen LogP contribution is -2.39. The number of amides is 1. The topological polar surface area (TPSA) is 74.2 Å². The number of piperidine rings is 1. The molecule has 3 aromatic rings. The van der Waals surface area contributed by atoms with Crippen molar-refractivity contribution in [2.24, 2.45) is 0 Å². The smallest absolute Gasteiger partial charge is 0.224 e. The van der Waals surface area contributed by atoms with Crippen molar-refractivity contribution < 1.29 is 9.18 Å². The van der Waals surface area contributed by atoms with Gasteiger partial charge < -0.3 is 15.1 Å². The molecule has 1 fully saturated rings. The fourth-order valence-electron chi connectivity index (χ4n) is 4.10. The van der Waals surface area contributed by atoms with Crippen molar-refractivity contribution in [3.05, 3.63) is 72.1 Å². The molecule has 172 valence electrons. The second kappa shape index (κ2) is 10.4. The summed E-state index contributed by atoms with van der Waals surface area (Å²) in [5.74, 6) is 1.52. The van der Waals surface area contributed by atoms with Gasteiger partial charge in [0.1, 0.15) is 17.5 Å². The van der Waals surface area contributed by atoms with Crippen LogP contribution in [0.3, 0.4) is 0 Å². The van der Waals surface area contributed by atoms with E-state index in [4.69, 9.17) is 4.98 Å². The first-order chi connectivity index (χ1) is 16.0. The number of hydrogen-bond donors (Lipinski definition) is 1. The van der Waals surface area contributed by atoms with Gasteiger partial charge in [0, 0.05) is 51.4 Å². The Bertz CT molecular complexity index is 1100. The first kappa shape index (κ1) is 22.6. The average molecular weight is 449 g/mol. The molecular formula is C25H29FN6O. The number of aryl methyl sites for hydroxylation is 1. The summed E-state index contributed by atoms with van der Waals surface area (Å²) in [5, 5.41) is 3.24. The molecule has 1 amide bonds. The zero-order valence-electron chi connectivity index (χ0n) is 19.0. The third-order valence-electron chi connectivity index (χ3n) is 6.10. The zero-order chi connectivity index (χ0) is 23.2. The minimum atomic E-state index is -0.274. The maximum absolute atomic E-state index is 13.9. The summed E-state index contributed by atoms with van der Waals surface area (Å²) in [7, 11) is 1.81. The minimum absolute atomic E-state index is 0.101. The second-order valence-corrected chi connectivity index (χ2v) is 8.40. The van der Waals surface area contributed by atoms with E-state index in [1.54, 1.807) is 35.5 Å². The van der Waals surface area contributed by atoms with Gasteiger partial charge in [-0.3, -0.25) is 9.78 Å². The highest BCUT2D eigenvalue weighted by atomic mass is 19.1. The first-order valence-electron chi connectivity index (χ1n) is 11.3. The molecule has 2 aromatic heterocycles. The quantitative estimate of drug-likeness (QED) is 0.581. The molecule has 7 nitrogen and oxygen atoms in total. The van der Waals surface area contributed by atoms with Crippen LogP contribution in [0.2, 0.25) is 0 Å². The standard InChI is InChI=1S/C25H29FN6O/c1-18-6-5-12-28-25(18)30-23-17-27-16-21(29-23)19-9-14-32(15-10-19)24(33)11-13-31(2)22-8-4-3-7-20(22)26/h3-8,12,16-17,19H,9-11,13-15H2,1-2H3,(H,28,29,30). The van der Waals surface area contributed by atoms with Crippen molar-refractivity contribution in [3.63, 3.8) is 0 Å². The number of likely N-dealkylation sites (tertiary alicyclic amines) is 1. The Kier molecular flexibility index (Phi) is 7.12. The van der Waals surface area contributed by atoms with Crippen molar-refractivity contribution in [1.29, 1.82) is 0 Å². The number of hydrogen-bond acceptors (Lipinski definition) is 6. The summed E-state index contributed by atoms with van der Waals surface area (Å²) in [5.41, 5.74) is 2.48. The minimum Gasteiger partial charge on any atom is -0.372 e. The molecule has 33 heavy (non-hydrogen) atoms. The van der Waals surface area contributed by atoms with Gasteiger partial charge in [-0.2, -0.15) is 0 Å². The molecule has 0 saturated carbocycles. The molecule has 3 heterocycles. The molecule has 0 unspecified atom stereocenters. The number of pyridine rings is 1. The highest BCUT2D eigenvalue weighted by Crippen LogP contribution is 2.28. The normalized spacial score (nSPS) is 14.2. The molecule has 0 radical (unpaired) electrons. The Morgan fingerprint density at radius 3 is 2.73 bits per heavy atom. The highest BCUT2D eigenvalue weighted by Gasteiger charge is 2.25. The monoisotopic (exact) mass is 448 g/mol. The number of para-hydroxylation sites is 1. The molecule has 1 aromatic carbocycles. The Hall–Kier alpha value is -3.55. The van der Waals surface area contributed by atoms with E-state index in [2.05, 4.69) is 15.3 Å². The Labute approximate surface area is 193 Å². The van der Waals surface area contributed by atoms with Gasteiger partial charge in [0.2, 0.25) is 5.91 Å². The van der Waals surface area contributed by atoms with Gasteiger partial charge in [-0.1, -0.05) is 18.2 Å². The maximum Gasteiger partial charge on any atom is 0.224 e. The highest BCUT2D eigenvalue weighted by molar-refractivity contribution is 5.77. The molecule has 1 saturated heterocycles. The van der Waals surface area contributed by atoms with Crippen LogP contribution in [0.15, 0.2) is 55.0 Å². The molecule has 8 heteroatoms. The average Bonchev–Trinajstić information content (AvgIpc) is 2.84. The summed E-state index contributed by atoms with van der Waals surface area (Å²) in [6.07, 6.45) is 7.29. The third-order valence-corrected chi connectivity index (χ3v) is 6.10. The Morgan fingerprint density at radius 1 is 1.18 bits per heavy atom. The van der Waals surface area contributed by atoms with E-state index in [-0.39, 0.29) is 17.6 Å². The number of aromatic nitrogens is 3. The summed E-state index contributed by atoms with van der Waals surface area (Å²) >= 11 is 0. The molecule has 0 aliphatic carbocycles. The van der Waals surface area contributed by atoms with E-state index in [1.165, 1.54) is 6.07 Å². The number of nitrogens with zero attached hydrogens (tertiary/aromatic N) is 5. The van der Waals surface area contributed by atoms with Crippen LogP contribution in [-0.4, -0.2) is 52.4 Å². The second-order valence-electron chi connectivity index (χ2n) is 8.40. The number of rotatable bonds is 7. The maximum atomic E-state index is 13.9. The lowest BCUT2D eigenvalue weighted by atomic mass is 9.93. The molecule has 1 N–H and O–H groups in total. The summed E-state index contributed by atoms with van der Waals surface area (Å²) in [6.45, 7) is 3.84. The van der Waals surface area contributed by atoms with Crippen LogP contribution in [0, 0.1) is 12.7 Å². The lowest BCUT2D eigenvalue weighted by molar-refractivity contribution is -0.132. The molecular weight excluding hydrogens is 419 g/mol. The number of anilines is 3. The van der Waals surface area contributed by atoms with E-state index in [0.29, 0.717) is 37.6 Å². The molecule has 1 aliphatic heterocycles. The van der Waals surface area contributed by atoms with Crippen molar-refractivity contribution >= 4 is 23.2 Å². The van der Waals surface area contributed by atoms with Crippen LogP contribution in [-0.2, 0) is 4.79 Å². The van der Waals surface area contributed by atoms with Gasteiger partial charge in [-0.25, -0.2) is 14.4 Å². The molecule has 0 spiro atoms. The van der Waals surface area contributed by atoms with Crippen LogP contribution < -0.4 is 10.2 Å². The fourth-order valence-corrected chi connectivity index (χ4v) is 4.10. The van der Waals surface area contributed by atoms with Crippen LogP contribution in [0.4, 0.5) is 21.7 Å². The first-order valence-corrected chi connectivity index (χ1v) is 11.3. The van der Waals surface area contributed by atoms with Gasteiger partial charge in [0.05, 0.1) is 17.6 Å². The lowest BCUT2D eigenvalue weighted by Gasteiger charge is -2.32. The van der Waals surface area contributed by atoms with E-state index >= 15 is 0 Å². The number of nitrogens with one attached hydrogen (secondary N) is 1. The third kappa shape index (κ3) is 5.63. The number of halogens is 1. The summed E-state index contributed by atoms with van der Waals surface area (Å²) in [6, 6.07) is 10.5. The Morgan fingerprint density at radius 2 is 1.97 bits per heavy atom. The summed E-state index contributed by atoms with van der Waals surface area (Å²) < 4.78 is 13.9. The van der Waals surface area contributed by atoms with E-state index in [1.807, 2.05) is 37.2 Å². The van der Waals surface area contributed by atoms with Crippen LogP contribution in [0.5, 0.6) is 0 Å². The Balaban J connectivity index is 1.29. The van der Waals surface area contributed by atoms with Crippen molar-refractivity contribution in [2.45, 2.75) is 32.1 Å². The van der Waals surface area contributed by atoms with Crippen molar-refractivity contribution in [2.75, 3.05) is 36.9 Å². The van der Waals surface area contributed by atoms with Crippen LogP contribution in [0.25, 0.3) is 0 Å². The van der Waals surface area contributed by atoms with E-state index in [9.17, 15) is 9.18 Å². The van der Waals surface area contributed by atoms with Gasteiger partial charge in [0.25, 0.3) is 0 Å². The van der Waals surface area contributed by atoms with Gasteiger partial charge >= 0.3 is 0 Å². The molecule has 0 atom stereocenters. The molecule has 4 rings (SSSR count). The summed E-state index contributed by atoms with van der Waals surface area (Å²) in [4.78, 5) is 29.9. The zero-order valence-corrected chi connectivity index (χ0v) is 19.0. The van der Waals surface area contributed by atoms with Crippen molar-refractivity contribution in [3.8, 4) is 0 Å². The predicted octanol–water partition coefficient (Wildman–Crippen LogP) is 4.30. The van der Waals surface area contributed by atoms with E-state index in [0.717, 1.165) is 29.9 Å². The number of carbonyl (C=O) groups excluding carboxylic acids is 1.